The van der Waals surface area contributed by atoms with Gasteiger partial charge < -0.3 is 10.5 Å². The Balaban J connectivity index is 2.45. The lowest BCUT2D eigenvalue weighted by Crippen LogP contribution is -2.04. The van der Waals surface area contributed by atoms with Crippen LogP contribution in [-0.4, -0.2) is 23.1 Å². The number of nitrogens with two attached hydrogens (primary N) is 1. The number of rotatable bonds is 3. The van der Waals surface area contributed by atoms with E-state index in [9.17, 15) is 0 Å². The molecule has 2 aromatic heterocycles. The summed E-state index contributed by atoms with van der Waals surface area (Å²) < 4.78 is 6.95. The normalized spacial score (nSPS) is 10.9. The van der Waals surface area contributed by atoms with Gasteiger partial charge in [0, 0.05) is 13.5 Å². The third-order valence-corrected chi connectivity index (χ3v) is 2.18. The first-order valence-electron chi connectivity index (χ1n) is 4.52. The van der Waals surface area contributed by atoms with Gasteiger partial charge in [0.2, 0.25) is 0 Å². The predicted molar refractivity (Wildman–Crippen MR) is 55.2 cm³/mol. The van der Waals surface area contributed by atoms with E-state index in [1.807, 2.05) is 28.8 Å². The zero-order valence-electron chi connectivity index (χ0n) is 8.10. The van der Waals surface area contributed by atoms with Crippen LogP contribution in [0.15, 0.2) is 24.4 Å². The largest absolute Gasteiger partial charge is 0.385 e. The van der Waals surface area contributed by atoms with E-state index in [0.29, 0.717) is 12.4 Å². The van der Waals surface area contributed by atoms with Gasteiger partial charge in [-0.1, -0.05) is 6.07 Å². The van der Waals surface area contributed by atoms with Crippen LogP contribution in [0.25, 0.3) is 5.52 Å². The van der Waals surface area contributed by atoms with Gasteiger partial charge in [0.15, 0.2) is 0 Å². The minimum Gasteiger partial charge on any atom is -0.385 e. The van der Waals surface area contributed by atoms with Crippen LogP contribution < -0.4 is 5.73 Å². The lowest BCUT2D eigenvalue weighted by Gasteiger charge is -2.03. The highest BCUT2D eigenvalue weighted by Crippen LogP contribution is 2.12. The Kier molecular flexibility index (Phi) is 2.37. The number of nitrogen functional groups attached to an aromatic ring is 1. The summed E-state index contributed by atoms with van der Waals surface area (Å²) in [7, 11) is 1.68. The molecule has 0 bridgehead atoms. The minimum atomic E-state index is 0.660. The first-order chi connectivity index (χ1) is 6.83. The van der Waals surface area contributed by atoms with Crippen LogP contribution in [0.3, 0.4) is 0 Å². The number of methoxy groups -OCH3 is 1. The molecule has 2 N–H and O–H groups in total. The second-order valence-corrected chi connectivity index (χ2v) is 3.13. The summed E-state index contributed by atoms with van der Waals surface area (Å²) in [5, 5.41) is 0. The fourth-order valence-electron chi connectivity index (χ4n) is 1.51. The molecule has 2 rings (SSSR count). The SMILES string of the molecule is COCCc1ncc2cccc(N)n12. The summed E-state index contributed by atoms with van der Waals surface area (Å²) >= 11 is 0. The Hall–Kier alpha value is -1.55. The van der Waals surface area contributed by atoms with Gasteiger partial charge in [-0.05, 0) is 12.1 Å². The number of fused-ring (bicyclic) bond motifs is 1. The highest BCUT2D eigenvalue weighted by Gasteiger charge is 2.04. The van der Waals surface area contributed by atoms with Gasteiger partial charge in [-0.25, -0.2) is 4.98 Å². The number of aromatic nitrogens is 2. The first-order valence-corrected chi connectivity index (χ1v) is 4.52. The van der Waals surface area contributed by atoms with Crippen molar-refractivity contribution in [3.63, 3.8) is 0 Å². The average molecular weight is 191 g/mol. The molecule has 0 aliphatic rings. The molecule has 2 aromatic rings. The van der Waals surface area contributed by atoms with Crippen LogP contribution in [-0.2, 0) is 11.2 Å². The monoisotopic (exact) mass is 191 g/mol. The number of nitrogens with zero attached hydrogens (tertiary/aromatic N) is 2. The molecule has 0 aliphatic heterocycles. The predicted octanol–water partition coefficient (Wildman–Crippen LogP) is 1.11. The van der Waals surface area contributed by atoms with Crippen molar-refractivity contribution < 1.29 is 4.74 Å². The molecule has 4 nitrogen and oxygen atoms in total. The smallest absolute Gasteiger partial charge is 0.117 e. The summed E-state index contributed by atoms with van der Waals surface area (Å²) in [6.45, 7) is 0.660. The second-order valence-electron chi connectivity index (χ2n) is 3.13. The maximum Gasteiger partial charge on any atom is 0.117 e. The maximum atomic E-state index is 5.86. The average Bonchev–Trinajstić information content (AvgIpc) is 2.59. The lowest BCUT2D eigenvalue weighted by atomic mass is 10.4. The second kappa shape index (κ2) is 3.67. The Morgan fingerprint density at radius 2 is 2.36 bits per heavy atom. The number of imidazole rings is 1. The standard InChI is InChI=1S/C10H13N3O/c1-14-6-5-10-12-7-8-3-2-4-9(11)13(8)10/h2-4,7H,5-6,11H2,1H3. The molecule has 0 fully saturated rings. The van der Waals surface area contributed by atoms with Crippen molar-refractivity contribution in [2.45, 2.75) is 6.42 Å². The van der Waals surface area contributed by atoms with Gasteiger partial charge >= 0.3 is 0 Å². The molecule has 0 aliphatic carbocycles. The lowest BCUT2D eigenvalue weighted by molar-refractivity contribution is 0.200. The van der Waals surface area contributed by atoms with Gasteiger partial charge in [-0.3, -0.25) is 4.40 Å². The van der Waals surface area contributed by atoms with Crippen LogP contribution in [0.5, 0.6) is 0 Å². The van der Waals surface area contributed by atoms with Crippen molar-refractivity contribution in [2.24, 2.45) is 0 Å². The molecule has 0 aromatic carbocycles. The summed E-state index contributed by atoms with van der Waals surface area (Å²) in [5.41, 5.74) is 6.88. The Bertz CT molecular complexity index is 436. The number of hydrogen-bond acceptors (Lipinski definition) is 3. The molecule has 0 spiro atoms. The fraction of sp³-hybridized carbons (Fsp3) is 0.300. The molecule has 74 valence electrons. The van der Waals surface area contributed by atoms with Gasteiger partial charge in [-0.2, -0.15) is 0 Å². The van der Waals surface area contributed by atoms with Crippen LogP contribution in [0.4, 0.5) is 5.82 Å². The first kappa shape index (κ1) is 9.02. The van der Waals surface area contributed by atoms with E-state index >= 15 is 0 Å². The van der Waals surface area contributed by atoms with Crippen molar-refractivity contribution >= 4 is 11.3 Å². The number of pyridine rings is 1. The van der Waals surface area contributed by atoms with E-state index in [1.54, 1.807) is 7.11 Å². The quantitative estimate of drug-likeness (QED) is 0.790. The number of ether oxygens (including phenoxy) is 1. The molecule has 0 saturated carbocycles. The zero-order chi connectivity index (χ0) is 9.97. The Labute approximate surface area is 82.3 Å². The third kappa shape index (κ3) is 1.44. The summed E-state index contributed by atoms with van der Waals surface area (Å²) in [5.74, 6) is 1.66. The highest BCUT2D eigenvalue weighted by atomic mass is 16.5. The van der Waals surface area contributed by atoms with Crippen LogP contribution in [0, 0.1) is 0 Å². The molecule has 0 amide bonds. The molecule has 0 saturated heterocycles. The molecule has 14 heavy (non-hydrogen) atoms. The van der Waals surface area contributed by atoms with Gasteiger partial charge in [0.25, 0.3) is 0 Å². The van der Waals surface area contributed by atoms with E-state index in [1.165, 1.54) is 0 Å². The summed E-state index contributed by atoms with van der Waals surface area (Å²) in [6.07, 6.45) is 2.60. The number of anilines is 1. The molecular weight excluding hydrogens is 178 g/mol. The molecule has 0 unspecified atom stereocenters. The third-order valence-electron chi connectivity index (χ3n) is 2.18. The number of hydrogen-bond donors (Lipinski definition) is 1. The molecule has 4 heteroatoms. The molecule has 0 radical (unpaired) electrons. The zero-order valence-corrected chi connectivity index (χ0v) is 8.10. The minimum absolute atomic E-state index is 0.660. The Morgan fingerprint density at radius 1 is 1.50 bits per heavy atom. The van der Waals surface area contributed by atoms with E-state index in [0.717, 1.165) is 17.8 Å². The van der Waals surface area contributed by atoms with E-state index < -0.39 is 0 Å². The van der Waals surface area contributed by atoms with Gasteiger partial charge in [0.05, 0.1) is 18.3 Å². The van der Waals surface area contributed by atoms with E-state index in [4.69, 9.17) is 10.5 Å². The van der Waals surface area contributed by atoms with Crippen molar-refractivity contribution in [2.75, 3.05) is 19.5 Å². The highest BCUT2D eigenvalue weighted by molar-refractivity contribution is 5.53. The summed E-state index contributed by atoms with van der Waals surface area (Å²) in [4.78, 5) is 4.30. The van der Waals surface area contributed by atoms with E-state index in [-0.39, 0.29) is 0 Å². The van der Waals surface area contributed by atoms with Crippen molar-refractivity contribution in [3.05, 3.63) is 30.2 Å². The van der Waals surface area contributed by atoms with Crippen molar-refractivity contribution in [3.8, 4) is 0 Å². The fourth-order valence-corrected chi connectivity index (χ4v) is 1.51. The molecular formula is C10H13N3O. The van der Waals surface area contributed by atoms with Crippen molar-refractivity contribution in [1.29, 1.82) is 0 Å². The molecule has 2 heterocycles. The molecule has 0 atom stereocenters. The Morgan fingerprint density at radius 3 is 3.14 bits per heavy atom. The maximum absolute atomic E-state index is 5.86. The van der Waals surface area contributed by atoms with Crippen LogP contribution >= 0.6 is 0 Å². The van der Waals surface area contributed by atoms with E-state index in [2.05, 4.69) is 4.98 Å². The summed E-state index contributed by atoms with van der Waals surface area (Å²) in [6, 6.07) is 5.77. The van der Waals surface area contributed by atoms with Crippen LogP contribution in [0.1, 0.15) is 5.82 Å². The van der Waals surface area contributed by atoms with Crippen LogP contribution in [0.2, 0.25) is 0 Å². The topological polar surface area (TPSA) is 52.5 Å². The van der Waals surface area contributed by atoms with Gasteiger partial charge in [0.1, 0.15) is 11.6 Å². The van der Waals surface area contributed by atoms with Crippen molar-refractivity contribution in [1.82, 2.24) is 9.38 Å². The van der Waals surface area contributed by atoms with Gasteiger partial charge in [-0.15, -0.1) is 0 Å².